The molecule has 1 fully saturated rings. The van der Waals surface area contributed by atoms with E-state index in [4.69, 9.17) is 0 Å². The van der Waals surface area contributed by atoms with Gasteiger partial charge in [-0.2, -0.15) is 0 Å². The Morgan fingerprint density at radius 3 is 2.71 bits per heavy atom. The maximum Gasteiger partial charge on any atom is 0.191 e. The summed E-state index contributed by atoms with van der Waals surface area (Å²) in [5.41, 5.74) is 1.60. The number of benzene rings is 1. The van der Waals surface area contributed by atoms with E-state index >= 15 is 0 Å². The highest BCUT2D eigenvalue weighted by atomic mass is 19.1. The lowest BCUT2D eigenvalue weighted by Gasteiger charge is -2.29. The van der Waals surface area contributed by atoms with Gasteiger partial charge in [-0.1, -0.05) is 12.1 Å². The van der Waals surface area contributed by atoms with Gasteiger partial charge in [-0.05, 0) is 76.4 Å². The van der Waals surface area contributed by atoms with E-state index in [1.165, 1.54) is 32.4 Å². The van der Waals surface area contributed by atoms with Crippen LogP contribution >= 0.6 is 0 Å². The van der Waals surface area contributed by atoms with Crippen LogP contribution in [-0.2, 0) is 0 Å². The molecule has 0 aromatic heterocycles. The summed E-state index contributed by atoms with van der Waals surface area (Å²) in [5, 5.41) is 6.72. The Morgan fingerprint density at radius 1 is 1.38 bits per heavy atom. The molecule has 1 aliphatic heterocycles. The molecule has 1 unspecified atom stereocenters. The Morgan fingerprint density at radius 2 is 2.08 bits per heavy atom. The molecule has 2 rings (SSSR count). The molecule has 0 amide bonds. The number of guanidine groups is 1. The molecule has 1 heterocycles. The molecule has 0 spiro atoms. The van der Waals surface area contributed by atoms with Crippen LogP contribution < -0.4 is 10.6 Å². The van der Waals surface area contributed by atoms with Crippen LogP contribution in [0.1, 0.15) is 43.4 Å². The van der Waals surface area contributed by atoms with Crippen molar-refractivity contribution in [1.82, 2.24) is 15.5 Å². The third-order valence-corrected chi connectivity index (χ3v) is 4.96. The monoisotopic (exact) mass is 334 g/mol. The molecule has 1 aromatic carbocycles. The van der Waals surface area contributed by atoms with E-state index in [9.17, 15) is 4.39 Å². The molecule has 0 aliphatic carbocycles. The van der Waals surface area contributed by atoms with E-state index in [0.29, 0.717) is 5.56 Å². The molecule has 1 aromatic rings. The number of aryl methyl sites for hydroxylation is 1. The van der Waals surface area contributed by atoms with Crippen LogP contribution in [0.25, 0.3) is 0 Å². The number of nitrogens with one attached hydrogen (secondary N) is 2. The average molecular weight is 334 g/mol. The number of nitrogens with zero attached hydrogens (tertiary/aromatic N) is 2. The van der Waals surface area contributed by atoms with Gasteiger partial charge in [-0.15, -0.1) is 0 Å². The number of hydrogen-bond acceptors (Lipinski definition) is 2. The van der Waals surface area contributed by atoms with Crippen LogP contribution in [0.15, 0.2) is 23.2 Å². The highest BCUT2D eigenvalue weighted by Gasteiger charge is 2.16. The van der Waals surface area contributed by atoms with Gasteiger partial charge in [0.1, 0.15) is 5.82 Å². The third kappa shape index (κ3) is 5.48. The fourth-order valence-corrected chi connectivity index (χ4v) is 3.11. The average Bonchev–Trinajstić information content (AvgIpc) is 2.58. The Labute approximate surface area is 145 Å². The first kappa shape index (κ1) is 18.7. The minimum atomic E-state index is -0.161. The minimum absolute atomic E-state index is 0.00892. The summed E-state index contributed by atoms with van der Waals surface area (Å²) in [7, 11) is 3.96. The van der Waals surface area contributed by atoms with Crippen LogP contribution in [0.4, 0.5) is 4.39 Å². The molecule has 24 heavy (non-hydrogen) atoms. The molecule has 4 nitrogen and oxygen atoms in total. The number of halogens is 1. The molecule has 1 aliphatic rings. The summed E-state index contributed by atoms with van der Waals surface area (Å²) in [5.74, 6) is 1.41. The Kier molecular flexibility index (Phi) is 7.03. The first-order valence-corrected chi connectivity index (χ1v) is 8.91. The van der Waals surface area contributed by atoms with Gasteiger partial charge >= 0.3 is 0 Å². The van der Waals surface area contributed by atoms with Gasteiger partial charge < -0.3 is 15.5 Å². The van der Waals surface area contributed by atoms with E-state index in [0.717, 1.165) is 24.0 Å². The van der Waals surface area contributed by atoms with Gasteiger partial charge in [0.25, 0.3) is 0 Å². The van der Waals surface area contributed by atoms with E-state index in [-0.39, 0.29) is 11.9 Å². The highest BCUT2D eigenvalue weighted by Crippen LogP contribution is 2.19. The van der Waals surface area contributed by atoms with Crippen molar-refractivity contribution in [2.45, 2.75) is 39.2 Å². The predicted molar refractivity (Wildman–Crippen MR) is 98.9 cm³/mol. The van der Waals surface area contributed by atoms with Crippen LogP contribution in [0, 0.1) is 18.7 Å². The summed E-state index contributed by atoms with van der Waals surface area (Å²) in [6.07, 6.45) is 3.73. The zero-order valence-electron chi connectivity index (χ0n) is 15.4. The van der Waals surface area contributed by atoms with Crippen LogP contribution in [0.2, 0.25) is 0 Å². The normalized spacial score (nSPS) is 18.5. The molecule has 134 valence electrons. The van der Waals surface area contributed by atoms with Crippen molar-refractivity contribution in [1.29, 1.82) is 0 Å². The quantitative estimate of drug-likeness (QED) is 0.642. The minimum Gasteiger partial charge on any atom is -0.356 e. The van der Waals surface area contributed by atoms with Crippen LogP contribution in [0.3, 0.4) is 0 Å². The van der Waals surface area contributed by atoms with Crippen LogP contribution in [-0.4, -0.2) is 44.6 Å². The number of likely N-dealkylation sites (tertiary alicyclic amines) is 1. The van der Waals surface area contributed by atoms with Gasteiger partial charge in [-0.3, -0.25) is 4.99 Å². The lowest BCUT2D eigenvalue weighted by Crippen LogP contribution is -2.40. The van der Waals surface area contributed by atoms with Crippen molar-refractivity contribution in [3.05, 3.63) is 35.1 Å². The van der Waals surface area contributed by atoms with Gasteiger partial charge in [0.2, 0.25) is 0 Å². The topological polar surface area (TPSA) is 39.7 Å². The summed E-state index contributed by atoms with van der Waals surface area (Å²) >= 11 is 0. The Balaban J connectivity index is 1.78. The van der Waals surface area contributed by atoms with Crippen molar-refractivity contribution in [3.63, 3.8) is 0 Å². The van der Waals surface area contributed by atoms with E-state index in [1.54, 1.807) is 20.0 Å². The molecule has 0 radical (unpaired) electrons. The fourth-order valence-electron chi connectivity index (χ4n) is 3.11. The molecule has 2 N–H and O–H groups in total. The molecular formula is C19H31FN4. The SMILES string of the molecule is CN=C(NCCC1CCN(C)CC1)NC(C)c1ccc(C)c(F)c1. The van der Waals surface area contributed by atoms with Crippen molar-refractivity contribution in [2.75, 3.05) is 33.7 Å². The van der Waals surface area contributed by atoms with Crippen LogP contribution in [0.5, 0.6) is 0 Å². The van der Waals surface area contributed by atoms with E-state index in [2.05, 4.69) is 27.6 Å². The van der Waals surface area contributed by atoms with E-state index < -0.39 is 0 Å². The second-order valence-electron chi connectivity index (χ2n) is 6.91. The van der Waals surface area contributed by atoms with Gasteiger partial charge in [0.05, 0.1) is 6.04 Å². The van der Waals surface area contributed by atoms with Crippen molar-refractivity contribution in [3.8, 4) is 0 Å². The van der Waals surface area contributed by atoms with Crippen molar-refractivity contribution < 1.29 is 4.39 Å². The zero-order chi connectivity index (χ0) is 17.5. The van der Waals surface area contributed by atoms with Gasteiger partial charge in [0.15, 0.2) is 5.96 Å². The second-order valence-corrected chi connectivity index (χ2v) is 6.91. The van der Waals surface area contributed by atoms with Gasteiger partial charge in [-0.25, -0.2) is 4.39 Å². The predicted octanol–water partition coefficient (Wildman–Crippen LogP) is 3.09. The maximum absolute atomic E-state index is 13.7. The smallest absolute Gasteiger partial charge is 0.191 e. The molecule has 1 saturated heterocycles. The first-order chi connectivity index (χ1) is 11.5. The van der Waals surface area contributed by atoms with Crippen molar-refractivity contribution in [2.24, 2.45) is 10.9 Å². The zero-order valence-corrected chi connectivity index (χ0v) is 15.4. The summed E-state index contributed by atoms with van der Waals surface area (Å²) < 4.78 is 13.7. The summed E-state index contributed by atoms with van der Waals surface area (Å²) in [4.78, 5) is 6.68. The number of aliphatic imine (C=N–C) groups is 1. The van der Waals surface area contributed by atoms with Gasteiger partial charge in [0, 0.05) is 13.6 Å². The molecule has 1 atom stereocenters. The first-order valence-electron chi connectivity index (χ1n) is 8.91. The Hall–Kier alpha value is -1.62. The maximum atomic E-state index is 13.7. The molecular weight excluding hydrogens is 303 g/mol. The molecule has 0 saturated carbocycles. The standard InChI is InChI=1S/C19H31FN4/c1-14-5-6-17(13-18(14)20)15(2)23-19(21-3)22-10-7-16-8-11-24(4)12-9-16/h5-6,13,15-16H,7-12H2,1-4H3,(H2,21,22,23). The fraction of sp³-hybridized carbons (Fsp3) is 0.632. The second kappa shape index (κ2) is 9.02. The molecule has 0 bridgehead atoms. The lowest BCUT2D eigenvalue weighted by molar-refractivity contribution is 0.213. The number of rotatable bonds is 5. The number of hydrogen-bond donors (Lipinski definition) is 2. The summed E-state index contributed by atoms with van der Waals surface area (Å²) in [6.45, 7) is 7.12. The lowest BCUT2D eigenvalue weighted by atomic mass is 9.94. The van der Waals surface area contributed by atoms with E-state index in [1.807, 2.05) is 19.1 Å². The Bertz CT molecular complexity index is 550. The third-order valence-electron chi connectivity index (χ3n) is 4.96. The molecule has 5 heteroatoms. The summed E-state index contributed by atoms with van der Waals surface area (Å²) in [6, 6.07) is 5.38. The highest BCUT2D eigenvalue weighted by molar-refractivity contribution is 5.80. The number of piperidine rings is 1. The largest absolute Gasteiger partial charge is 0.356 e. The van der Waals surface area contributed by atoms with Crippen molar-refractivity contribution >= 4 is 5.96 Å².